The second-order valence-electron chi connectivity index (χ2n) is 3.22. The fourth-order valence-corrected chi connectivity index (χ4v) is 1.28. The zero-order valence-corrected chi connectivity index (χ0v) is 8.27. The molecule has 1 aromatic carbocycles. The molecule has 76 valence electrons. The molecule has 3 nitrogen and oxygen atoms in total. The van der Waals surface area contributed by atoms with Crippen LogP contribution in [0, 0.1) is 0 Å². The van der Waals surface area contributed by atoms with E-state index in [0.29, 0.717) is 0 Å². The molecule has 0 aromatic heterocycles. The van der Waals surface area contributed by atoms with Gasteiger partial charge in [-0.25, -0.2) is 0 Å². The SMILES string of the molecule is NNNc1ccccc1.c1cc2cc-2c1. The smallest absolute Gasteiger partial charge is 0.0501 e. The van der Waals surface area contributed by atoms with E-state index in [9.17, 15) is 0 Å². The van der Waals surface area contributed by atoms with Crippen LogP contribution in [0.1, 0.15) is 0 Å². The van der Waals surface area contributed by atoms with E-state index in [1.165, 1.54) is 11.1 Å². The van der Waals surface area contributed by atoms with Gasteiger partial charge < -0.3 is 5.43 Å². The number of rotatable bonds is 2. The lowest BCUT2D eigenvalue weighted by Crippen LogP contribution is -2.28. The van der Waals surface area contributed by atoms with Crippen molar-refractivity contribution < 1.29 is 0 Å². The van der Waals surface area contributed by atoms with E-state index in [4.69, 9.17) is 5.84 Å². The van der Waals surface area contributed by atoms with Crippen LogP contribution in [0.4, 0.5) is 5.69 Å². The molecule has 4 N–H and O–H groups in total. The summed E-state index contributed by atoms with van der Waals surface area (Å²) in [5, 5.41) is 0. The molecule has 2 aliphatic carbocycles. The van der Waals surface area contributed by atoms with Crippen molar-refractivity contribution in [2.45, 2.75) is 0 Å². The van der Waals surface area contributed by atoms with Crippen LogP contribution in [-0.4, -0.2) is 0 Å². The second-order valence-corrected chi connectivity index (χ2v) is 3.22. The molecule has 0 fully saturated rings. The van der Waals surface area contributed by atoms with Gasteiger partial charge in [-0.15, -0.1) is 0 Å². The minimum absolute atomic E-state index is 0.958. The molecule has 1 aromatic rings. The first-order chi connectivity index (χ1) is 7.40. The first-order valence-corrected chi connectivity index (χ1v) is 4.77. The zero-order chi connectivity index (χ0) is 10.5. The number of nitrogens with one attached hydrogen (secondary N) is 2. The number of benzene rings is 2. The summed E-state index contributed by atoms with van der Waals surface area (Å²) in [6.07, 6.45) is 0. The Kier molecular flexibility index (Phi) is 2.97. The number of fused-ring (bicyclic) bond motifs is 1. The number of para-hydroxylation sites is 1. The molecule has 0 saturated heterocycles. The number of nitrogens with two attached hydrogens (primary N) is 1. The molecule has 15 heavy (non-hydrogen) atoms. The van der Waals surface area contributed by atoms with E-state index in [2.05, 4.69) is 35.2 Å². The average molecular weight is 199 g/mol. The first kappa shape index (κ1) is 9.71. The predicted octanol–water partition coefficient (Wildman–Crippen LogP) is 2.14. The van der Waals surface area contributed by atoms with Gasteiger partial charge >= 0.3 is 0 Å². The van der Waals surface area contributed by atoms with E-state index in [1.54, 1.807) is 0 Å². The Morgan fingerprint density at radius 3 is 1.87 bits per heavy atom. The summed E-state index contributed by atoms with van der Waals surface area (Å²) in [5.74, 6) is 5.00. The molecule has 0 heterocycles. The maximum absolute atomic E-state index is 5.00. The normalized spacial score (nSPS) is 9.93. The minimum atomic E-state index is 0.958. The van der Waals surface area contributed by atoms with Crippen molar-refractivity contribution >= 4 is 5.69 Å². The summed E-state index contributed by atoms with van der Waals surface area (Å²) in [5.41, 5.74) is 8.88. The largest absolute Gasteiger partial charge is 0.308 e. The Morgan fingerprint density at radius 2 is 1.47 bits per heavy atom. The van der Waals surface area contributed by atoms with Crippen LogP contribution in [0.15, 0.2) is 54.6 Å². The summed E-state index contributed by atoms with van der Waals surface area (Å²) >= 11 is 0. The summed E-state index contributed by atoms with van der Waals surface area (Å²) in [7, 11) is 0. The van der Waals surface area contributed by atoms with Crippen molar-refractivity contribution in [2.75, 3.05) is 5.43 Å². The number of anilines is 1. The summed E-state index contributed by atoms with van der Waals surface area (Å²) in [6.45, 7) is 0. The van der Waals surface area contributed by atoms with Crippen LogP contribution in [0.2, 0.25) is 0 Å². The molecule has 3 rings (SSSR count). The molecular formula is C12H13N3. The lowest BCUT2D eigenvalue weighted by molar-refractivity contribution is 0.876. The van der Waals surface area contributed by atoms with Gasteiger partial charge in [0.1, 0.15) is 0 Å². The Hall–Kier alpha value is -1.84. The Morgan fingerprint density at radius 1 is 0.800 bits per heavy atom. The molecule has 0 radical (unpaired) electrons. The first-order valence-electron chi connectivity index (χ1n) is 4.77. The van der Waals surface area contributed by atoms with Crippen LogP contribution < -0.4 is 16.8 Å². The predicted molar refractivity (Wildman–Crippen MR) is 62.8 cm³/mol. The molecule has 0 saturated carbocycles. The molecular weight excluding hydrogens is 186 g/mol. The molecule has 0 amide bonds. The highest BCUT2D eigenvalue weighted by Crippen LogP contribution is 2.32. The van der Waals surface area contributed by atoms with E-state index in [-0.39, 0.29) is 0 Å². The molecule has 0 atom stereocenters. The fourth-order valence-electron chi connectivity index (χ4n) is 1.28. The van der Waals surface area contributed by atoms with Crippen LogP contribution in [0.5, 0.6) is 0 Å². The maximum Gasteiger partial charge on any atom is 0.0501 e. The summed E-state index contributed by atoms with van der Waals surface area (Å²) in [6, 6.07) is 18.1. The van der Waals surface area contributed by atoms with Crippen LogP contribution in [0.25, 0.3) is 11.1 Å². The second kappa shape index (κ2) is 4.59. The van der Waals surface area contributed by atoms with Crippen LogP contribution >= 0.6 is 0 Å². The third-order valence-electron chi connectivity index (χ3n) is 2.10. The molecule has 0 bridgehead atoms. The van der Waals surface area contributed by atoms with Crippen LogP contribution in [0.3, 0.4) is 0 Å². The van der Waals surface area contributed by atoms with Gasteiger partial charge in [0.15, 0.2) is 0 Å². The molecule has 0 aliphatic heterocycles. The molecule has 3 heteroatoms. The highest BCUT2D eigenvalue weighted by molar-refractivity contribution is 5.80. The van der Waals surface area contributed by atoms with Crippen molar-refractivity contribution in [3.63, 3.8) is 0 Å². The monoisotopic (exact) mass is 199 g/mol. The quantitative estimate of drug-likeness (QED) is 0.438. The maximum atomic E-state index is 5.00. The van der Waals surface area contributed by atoms with Crippen molar-refractivity contribution in [3.05, 3.63) is 54.6 Å². The third kappa shape index (κ3) is 2.80. The van der Waals surface area contributed by atoms with Crippen molar-refractivity contribution in [3.8, 4) is 11.1 Å². The van der Waals surface area contributed by atoms with Gasteiger partial charge in [0.2, 0.25) is 0 Å². The zero-order valence-electron chi connectivity index (χ0n) is 8.27. The van der Waals surface area contributed by atoms with Gasteiger partial charge in [-0.3, -0.25) is 5.84 Å². The van der Waals surface area contributed by atoms with Gasteiger partial charge in [0.05, 0.1) is 5.69 Å². The van der Waals surface area contributed by atoms with E-state index in [1.807, 2.05) is 30.3 Å². The van der Waals surface area contributed by atoms with E-state index >= 15 is 0 Å². The summed E-state index contributed by atoms with van der Waals surface area (Å²) in [4.78, 5) is 0. The lowest BCUT2D eigenvalue weighted by Gasteiger charge is -2.00. The van der Waals surface area contributed by atoms with Crippen LogP contribution in [-0.2, 0) is 0 Å². The number of hydrogen-bond acceptors (Lipinski definition) is 3. The number of hydrogen-bond donors (Lipinski definition) is 3. The fraction of sp³-hybridized carbons (Fsp3) is 0. The Labute approximate surface area is 88.9 Å². The van der Waals surface area contributed by atoms with Crippen molar-refractivity contribution in [2.24, 2.45) is 5.84 Å². The van der Waals surface area contributed by atoms with Crippen molar-refractivity contribution in [1.82, 2.24) is 5.53 Å². The minimum Gasteiger partial charge on any atom is -0.308 e. The standard InChI is InChI=1S/C6H9N3.C6H4/c7-9-8-6-4-2-1-3-5-6;1-2-5-4-6(5)3-1/h1-5,8-9H,7H2;1-4H. The van der Waals surface area contributed by atoms with Gasteiger partial charge in [-0.1, -0.05) is 36.4 Å². The van der Waals surface area contributed by atoms with E-state index < -0.39 is 0 Å². The Balaban J connectivity index is 0.000000121. The van der Waals surface area contributed by atoms with Gasteiger partial charge in [0, 0.05) is 0 Å². The average Bonchev–Trinajstić information content (AvgIpc) is 2.89. The molecule has 0 spiro atoms. The van der Waals surface area contributed by atoms with Gasteiger partial charge in [-0.05, 0) is 29.3 Å². The highest BCUT2D eigenvalue weighted by Gasteiger charge is 2.06. The van der Waals surface area contributed by atoms with Crippen molar-refractivity contribution in [1.29, 1.82) is 0 Å². The molecule has 0 unspecified atom stereocenters. The number of hydrazine groups is 2. The Bertz CT molecular complexity index is 409. The molecule has 2 aliphatic rings. The van der Waals surface area contributed by atoms with Gasteiger partial charge in [0.25, 0.3) is 0 Å². The topological polar surface area (TPSA) is 50.1 Å². The third-order valence-corrected chi connectivity index (χ3v) is 2.10. The van der Waals surface area contributed by atoms with E-state index in [0.717, 1.165) is 5.69 Å². The lowest BCUT2D eigenvalue weighted by atomic mass is 10.3. The highest BCUT2D eigenvalue weighted by atomic mass is 15.5. The van der Waals surface area contributed by atoms with Gasteiger partial charge in [-0.2, -0.15) is 5.53 Å². The summed E-state index contributed by atoms with van der Waals surface area (Å²) < 4.78 is 0.